The van der Waals surface area contributed by atoms with Crippen LogP contribution in [0.5, 0.6) is 0 Å². The monoisotopic (exact) mass is 353 g/mol. The van der Waals surface area contributed by atoms with Gasteiger partial charge in [0.05, 0.1) is 34.8 Å². The number of benzene rings is 1. The minimum atomic E-state index is -0.462. The van der Waals surface area contributed by atoms with E-state index in [1.165, 1.54) is 12.1 Å². The van der Waals surface area contributed by atoms with Gasteiger partial charge in [0, 0.05) is 38.3 Å². The molecule has 1 amide bonds. The van der Waals surface area contributed by atoms with E-state index in [9.17, 15) is 14.9 Å². The van der Waals surface area contributed by atoms with Crippen LogP contribution in [-0.4, -0.2) is 55.1 Å². The highest BCUT2D eigenvalue weighted by Gasteiger charge is 2.31. The third kappa shape index (κ3) is 3.62. The fraction of sp³-hybridized carbons (Fsp3) is 0.562. The van der Waals surface area contributed by atoms with Crippen LogP contribution in [0.4, 0.5) is 11.4 Å². The molecular weight excluding hydrogens is 334 g/mol. The van der Waals surface area contributed by atoms with E-state index >= 15 is 0 Å². The van der Waals surface area contributed by atoms with Crippen molar-refractivity contribution in [1.82, 2.24) is 4.90 Å². The topological polar surface area (TPSA) is 75.9 Å². The molecule has 1 unspecified atom stereocenters. The number of nitro benzene ring substituents is 1. The summed E-state index contributed by atoms with van der Waals surface area (Å²) >= 11 is 6.22. The molecule has 0 saturated carbocycles. The minimum absolute atomic E-state index is 0.0262. The van der Waals surface area contributed by atoms with E-state index in [2.05, 4.69) is 4.90 Å². The fourth-order valence-electron chi connectivity index (χ4n) is 3.31. The Hall–Kier alpha value is -1.86. The highest BCUT2D eigenvalue weighted by atomic mass is 35.5. The number of non-ortho nitro benzene ring substituents is 1. The number of anilines is 1. The lowest BCUT2D eigenvalue weighted by molar-refractivity contribution is -0.384. The van der Waals surface area contributed by atoms with Crippen molar-refractivity contribution in [2.75, 3.05) is 44.3 Å². The quantitative estimate of drug-likeness (QED) is 0.615. The van der Waals surface area contributed by atoms with Gasteiger partial charge in [0.2, 0.25) is 5.91 Å². The summed E-state index contributed by atoms with van der Waals surface area (Å²) in [5, 5.41) is 11.2. The summed E-state index contributed by atoms with van der Waals surface area (Å²) in [5.41, 5.74) is 0.725. The summed E-state index contributed by atoms with van der Waals surface area (Å²) in [5.74, 6) is 0.101. The van der Waals surface area contributed by atoms with Crippen LogP contribution in [-0.2, 0) is 9.53 Å². The molecule has 0 bridgehead atoms. The molecule has 2 fully saturated rings. The number of nitrogens with zero attached hydrogens (tertiary/aromatic N) is 3. The van der Waals surface area contributed by atoms with Gasteiger partial charge < -0.3 is 14.5 Å². The molecule has 2 heterocycles. The molecule has 1 aromatic rings. The van der Waals surface area contributed by atoms with Crippen molar-refractivity contribution in [3.63, 3.8) is 0 Å². The van der Waals surface area contributed by atoms with E-state index in [-0.39, 0.29) is 17.5 Å². The molecule has 0 aromatic heterocycles. The lowest BCUT2D eigenvalue weighted by atomic mass is 9.95. The number of halogens is 1. The molecule has 0 aliphatic carbocycles. The number of hydrogen-bond donors (Lipinski definition) is 0. The standard InChI is InChI=1S/C16H20ClN3O4/c17-14-10-13(20(22)23)3-4-15(14)19-5-1-2-12(11-19)16(21)18-6-8-24-9-7-18/h3-4,10,12H,1-2,5-9,11H2. The zero-order valence-corrected chi connectivity index (χ0v) is 14.1. The molecule has 0 radical (unpaired) electrons. The van der Waals surface area contributed by atoms with Gasteiger partial charge in [-0.25, -0.2) is 0 Å². The Morgan fingerprint density at radius 3 is 2.71 bits per heavy atom. The van der Waals surface area contributed by atoms with Crippen molar-refractivity contribution >= 4 is 28.9 Å². The molecule has 7 nitrogen and oxygen atoms in total. The molecule has 130 valence electrons. The van der Waals surface area contributed by atoms with Gasteiger partial charge in [-0.3, -0.25) is 14.9 Å². The number of ether oxygens (including phenoxy) is 1. The molecule has 1 aromatic carbocycles. The largest absolute Gasteiger partial charge is 0.378 e. The summed E-state index contributed by atoms with van der Waals surface area (Å²) in [4.78, 5) is 27.0. The van der Waals surface area contributed by atoms with Crippen molar-refractivity contribution in [3.05, 3.63) is 33.3 Å². The number of carbonyl (C=O) groups excluding carboxylic acids is 1. The predicted molar refractivity (Wildman–Crippen MR) is 90.4 cm³/mol. The van der Waals surface area contributed by atoms with E-state index in [4.69, 9.17) is 16.3 Å². The highest BCUT2D eigenvalue weighted by Crippen LogP contribution is 2.33. The lowest BCUT2D eigenvalue weighted by Gasteiger charge is -2.37. The molecule has 24 heavy (non-hydrogen) atoms. The van der Waals surface area contributed by atoms with Crippen LogP contribution in [0.25, 0.3) is 0 Å². The SMILES string of the molecule is O=C(C1CCCN(c2ccc([N+](=O)[O-])cc2Cl)C1)N1CCOCC1. The molecule has 2 aliphatic rings. The first-order valence-electron chi connectivity index (χ1n) is 8.11. The van der Waals surface area contributed by atoms with Gasteiger partial charge in [-0.05, 0) is 18.9 Å². The average molecular weight is 354 g/mol. The molecule has 2 saturated heterocycles. The van der Waals surface area contributed by atoms with Crippen molar-refractivity contribution in [2.45, 2.75) is 12.8 Å². The van der Waals surface area contributed by atoms with Gasteiger partial charge in [-0.2, -0.15) is 0 Å². The fourth-order valence-corrected chi connectivity index (χ4v) is 3.60. The van der Waals surface area contributed by atoms with Crippen LogP contribution >= 0.6 is 11.6 Å². The number of piperidine rings is 1. The van der Waals surface area contributed by atoms with E-state index in [1.54, 1.807) is 6.07 Å². The van der Waals surface area contributed by atoms with E-state index in [1.807, 2.05) is 4.90 Å². The smallest absolute Gasteiger partial charge is 0.271 e. The molecule has 0 N–H and O–H groups in total. The van der Waals surface area contributed by atoms with Crippen LogP contribution in [0, 0.1) is 16.0 Å². The van der Waals surface area contributed by atoms with Crippen LogP contribution in [0.15, 0.2) is 18.2 Å². The van der Waals surface area contributed by atoms with Gasteiger partial charge in [0.25, 0.3) is 5.69 Å². The number of hydrogen-bond acceptors (Lipinski definition) is 5. The third-order valence-electron chi connectivity index (χ3n) is 4.58. The zero-order chi connectivity index (χ0) is 17.1. The first-order valence-corrected chi connectivity index (χ1v) is 8.49. The van der Waals surface area contributed by atoms with Crippen molar-refractivity contribution < 1.29 is 14.5 Å². The Morgan fingerprint density at radius 2 is 2.04 bits per heavy atom. The first-order chi connectivity index (χ1) is 11.6. The Balaban J connectivity index is 1.71. The molecule has 3 rings (SSSR count). The first kappa shape index (κ1) is 17.0. The van der Waals surface area contributed by atoms with Crippen LogP contribution in [0.1, 0.15) is 12.8 Å². The van der Waals surface area contributed by atoms with Crippen LogP contribution < -0.4 is 4.90 Å². The maximum absolute atomic E-state index is 12.7. The van der Waals surface area contributed by atoms with Crippen LogP contribution in [0.2, 0.25) is 5.02 Å². The lowest BCUT2D eigenvalue weighted by Crippen LogP contribution is -2.48. The summed E-state index contributed by atoms with van der Waals surface area (Å²) < 4.78 is 5.30. The number of morpholine rings is 1. The second-order valence-corrected chi connectivity index (χ2v) is 6.52. The number of amides is 1. The number of rotatable bonds is 3. The average Bonchev–Trinajstić information content (AvgIpc) is 2.61. The van der Waals surface area contributed by atoms with Crippen molar-refractivity contribution in [1.29, 1.82) is 0 Å². The normalized spacial score (nSPS) is 21.6. The molecule has 0 spiro atoms. The maximum Gasteiger partial charge on any atom is 0.271 e. The Labute approximate surface area is 145 Å². The number of carbonyl (C=O) groups is 1. The highest BCUT2D eigenvalue weighted by molar-refractivity contribution is 6.33. The van der Waals surface area contributed by atoms with Gasteiger partial charge in [0.1, 0.15) is 0 Å². The molecule has 8 heteroatoms. The second-order valence-electron chi connectivity index (χ2n) is 6.12. The second kappa shape index (κ2) is 7.36. The van der Waals surface area contributed by atoms with E-state index < -0.39 is 4.92 Å². The van der Waals surface area contributed by atoms with E-state index in [0.717, 1.165) is 25.1 Å². The number of nitro groups is 1. The van der Waals surface area contributed by atoms with Gasteiger partial charge in [-0.15, -0.1) is 0 Å². The van der Waals surface area contributed by atoms with E-state index in [0.29, 0.717) is 37.9 Å². The molecule has 1 atom stereocenters. The summed E-state index contributed by atoms with van der Waals surface area (Å²) in [7, 11) is 0. The Bertz CT molecular complexity index is 634. The minimum Gasteiger partial charge on any atom is -0.378 e. The molecular formula is C16H20ClN3O4. The van der Waals surface area contributed by atoms with Crippen molar-refractivity contribution in [3.8, 4) is 0 Å². The van der Waals surface area contributed by atoms with Gasteiger partial charge in [-0.1, -0.05) is 11.6 Å². The summed E-state index contributed by atoms with van der Waals surface area (Å²) in [6, 6.07) is 4.49. The predicted octanol–water partition coefficient (Wildman–Crippen LogP) is 2.32. The van der Waals surface area contributed by atoms with Crippen molar-refractivity contribution in [2.24, 2.45) is 5.92 Å². The Morgan fingerprint density at radius 1 is 1.29 bits per heavy atom. The van der Waals surface area contributed by atoms with Crippen LogP contribution in [0.3, 0.4) is 0 Å². The third-order valence-corrected chi connectivity index (χ3v) is 4.88. The Kier molecular flexibility index (Phi) is 5.20. The zero-order valence-electron chi connectivity index (χ0n) is 13.3. The van der Waals surface area contributed by atoms with Gasteiger partial charge >= 0.3 is 0 Å². The van der Waals surface area contributed by atoms with Gasteiger partial charge in [0.15, 0.2) is 0 Å². The summed E-state index contributed by atoms with van der Waals surface area (Å²) in [6.45, 7) is 3.87. The maximum atomic E-state index is 12.7. The summed E-state index contributed by atoms with van der Waals surface area (Å²) in [6.07, 6.45) is 1.76. The molecule has 2 aliphatic heterocycles.